The number of rotatable bonds is 8. The summed E-state index contributed by atoms with van der Waals surface area (Å²) in [5, 5.41) is 0. The summed E-state index contributed by atoms with van der Waals surface area (Å²) in [5.41, 5.74) is 10.7. The molecule has 0 rings (SSSR count). The van der Waals surface area contributed by atoms with Crippen LogP contribution in [0.4, 0.5) is 0 Å². The number of nitrogens with two attached hydrogens (primary N) is 4. The summed E-state index contributed by atoms with van der Waals surface area (Å²) in [5.74, 6) is 9.81. The van der Waals surface area contributed by atoms with Gasteiger partial charge in [0, 0.05) is 0 Å². The van der Waals surface area contributed by atoms with Crippen molar-refractivity contribution in [1.82, 2.24) is 0 Å². The number of carbonyl (C=O) groups is 2. The van der Waals surface area contributed by atoms with Gasteiger partial charge in [0.1, 0.15) is 12.1 Å². The van der Waals surface area contributed by atoms with Crippen molar-refractivity contribution in [3.8, 4) is 0 Å². The quantitative estimate of drug-likeness (QED) is 0.343. The van der Waals surface area contributed by atoms with E-state index in [1.807, 2.05) is 12.5 Å². The first kappa shape index (κ1) is 27.2. The molecule has 0 unspecified atom stereocenters. The van der Waals surface area contributed by atoms with Crippen LogP contribution in [0.15, 0.2) is 0 Å². The normalized spacial score (nSPS) is 11.6. The highest BCUT2D eigenvalue weighted by Crippen LogP contribution is 1.99. The van der Waals surface area contributed by atoms with Crippen LogP contribution in [-0.2, 0) is 30.8 Å². The third-order valence-corrected chi connectivity index (χ3v) is 3.39. The van der Waals surface area contributed by atoms with E-state index in [0.717, 1.165) is 11.5 Å². The summed E-state index contributed by atoms with van der Waals surface area (Å²) >= 11 is 2.51. The minimum atomic E-state index is -0.750. The second-order valence-corrected chi connectivity index (χ2v) is 5.83. The van der Waals surface area contributed by atoms with Gasteiger partial charge in [0.25, 0.3) is 0 Å². The Morgan fingerprint density at radius 1 is 0.870 bits per heavy atom. The number of thioether (sulfide) groups is 2. The summed E-state index contributed by atoms with van der Waals surface area (Å²) in [6.45, 7) is 0. The molecule has 10 nitrogen and oxygen atoms in total. The minimum absolute atomic E-state index is 0.547. The summed E-state index contributed by atoms with van der Waals surface area (Å²) < 4.78 is 16.6. The molecule has 0 saturated heterocycles. The van der Waals surface area contributed by atoms with Crippen LogP contribution < -0.4 is 23.3 Å². The molecule has 8 N–H and O–H groups in total. The average molecular weight is 393 g/mol. The number of hydrogen-bond acceptors (Lipinski definition) is 12. The monoisotopic (exact) mass is 392 g/mol. The van der Waals surface area contributed by atoms with Gasteiger partial charge in [0.2, 0.25) is 0 Å². The predicted molar refractivity (Wildman–Crippen MR) is 91.4 cm³/mol. The van der Waals surface area contributed by atoms with Crippen molar-refractivity contribution in [1.29, 1.82) is 0 Å². The molecular formula is C10H24N4O6S3. The van der Waals surface area contributed by atoms with Crippen LogP contribution in [0.25, 0.3) is 0 Å². The number of carbonyl (C=O) groups excluding carboxylic acids is 2. The fraction of sp³-hybridized carbons (Fsp3) is 0.800. The molecule has 0 bridgehead atoms. The van der Waals surface area contributed by atoms with Crippen LogP contribution in [0.5, 0.6) is 0 Å². The topological polar surface area (TPSA) is 191 Å². The lowest BCUT2D eigenvalue weighted by molar-refractivity contribution is -0.146. The summed E-state index contributed by atoms with van der Waals surface area (Å²) in [4.78, 5) is 28.9. The Morgan fingerprint density at radius 3 is 1.30 bits per heavy atom. The van der Waals surface area contributed by atoms with E-state index in [9.17, 15) is 9.59 Å². The van der Waals surface area contributed by atoms with Gasteiger partial charge in [-0.25, -0.2) is 9.59 Å². The Hall–Kier alpha value is -0.700. The van der Waals surface area contributed by atoms with E-state index >= 15 is 0 Å². The lowest BCUT2D eigenvalue weighted by atomic mass is 10.2. The fourth-order valence-corrected chi connectivity index (χ4v) is 1.88. The Kier molecular flexibility index (Phi) is 25.2. The van der Waals surface area contributed by atoms with Crippen molar-refractivity contribution < 1.29 is 27.7 Å². The maximum atomic E-state index is 10.5. The van der Waals surface area contributed by atoms with Gasteiger partial charge in [-0.05, 0) is 36.9 Å². The number of hydrogen-bond donors (Lipinski definition) is 4. The molecule has 0 aliphatic rings. The van der Waals surface area contributed by atoms with E-state index in [2.05, 4.69) is 21.5 Å². The zero-order chi connectivity index (χ0) is 18.7. The molecule has 0 amide bonds. The molecule has 0 aliphatic heterocycles. The van der Waals surface area contributed by atoms with Gasteiger partial charge < -0.3 is 21.1 Å². The molecule has 0 aromatic heterocycles. The molecule has 0 heterocycles. The third kappa shape index (κ3) is 21.3. The van der Waals surface area contributed by atoms with Crippen LogP contribution >= 0.6 is 23.5 Å². The van der Waals surface area contributed by atoms with Gasteiger partial charge in [0.15, 0.2) is 0 Å². The van der Waals surface area contributed by atoms with Crippen molar-refractivity contribution in [3.05, 3.63) is 0 Å². The maximum absolute atomic E-state index is 10.5. The first-order valence-electron chi connectivity index (χ1n) is 6.08. The first-order valence-corrected chi connectivity index (χ1v) is 9.53. The van der Waals surface area contributed by atoms with Crippen molar-refractivity contribution >= 4 is 47.0 Å². The van der Waals surface area contributed by atoms with Crippen molar-refractivity contribution in [2.75, 3.05) is 24.0 Å². The van der Waals surface area contributed by atoms with Crippen molar-refractivity contribution in [3.63, 3.8) is 0 Å². The van der Waals surface area contributed by atoms with E-state index in [1.165, 1.54) is 0 Å². The molecule has 0 saturated carbocycles. The zero-order valence-electron chi connectivity index (χ0n) is 13.0. The van der Waals surface area contributed by atoms with Crippen LogP contribution in [0, 0.1) is 0 Å². The summed E-state index contributed by atoms with van der Waals surface area (Å²) in [6.07, 6.45) is 5.11. The Balaban J connectivity index is -0.000000297. The highest BCUT2D eigenvalue weighted by molar-refractivity contribution is 7.98. The SMILES string of the molecule is CSCC[C@H](N)C(=O)ON.CSCC[C@H](N)C(=O)ON.O=S=O. The van der Waals surface area contributed by atoms with Crippen LogP contribution in [0.3, 0.4) is 0 Å². The molecule has 2 atom stereocenters. The smallest absolute Gasteiger partial charge is 0.341 e. The van der Waals surface area contributed by atoms with Crippen molar-refractivity contribution in [2.24, 2.45) is 23.3 Å². The Labute approximate surface area is 147 Å². The van der Waals surface area contributed by atoms with Gasteiger partial charge >= 0.3 is 23.5 Å². The van der Waals surface area contributed by atoms with E-state index < -0.39 is 35.6 Å². The molecule has 23 heavy (non-hydrogen) atoms. The molecule has 0 aromatic rings. The largest absolute Gasteiger partial charge is 0.372 e. The molecule has 138 valence electrons. The van der Waals surface area contributed by atoms with E-state index in [0.29, 0.717) is 12.8 Å². The second-order valence-electron chi connectivity index (χ2n) is 3.72. The van der Waals surface area contributed by atoms with Gasteiger partial charge in [-0.3, -0.25) is 0 Å². The van der Waals surface area contributed by atoms with Crippen LogP contribution in [0.1, 0.15) is 12.8 Å². The van der Waals surface area contributed by atoms with Crippen LogP contribution in [-0.4, -0.2) is 56.5 Å². The van der Waals surface area contributed by atoms with E-state index in [1.54, 1.807) is 23.5 Å². The van der Waals surface area contributed by atoms with Gasteiger partial charge in [0.05, 0.1) is 0 Å². The van der Waals surface area contributed by atoms with Crippen molar-refractivity contribution in [2.45, 2.75) is 24.9 Å². The molecule has 13 heteroatoms. The van der Waals surface area contributed by atoms with Gasteiger partial charge in [-0.2, -0.15) is 43.7 Å². The maximum Gasteiger partial charge on any atom is 0.341 e. The summed E-state index contributed by atoms with van der Waals surface area (Å²) in [6, 6.07) is -1.14. The average Bonchev–Trinajstić information content (AvgIpc) is 2.57. The predicted octanol–water partition coefficient (Wildman–Crippen LogP) is -1.70. The lowest BCUT2D eigenvalue weighted by Gasteiger charge is -2.05. The Bertz CT molecular complexity index is 319. The van der Waals surface area contributed by atoms with Gasteiger partial charge in [-0.15, -0.1) is 0 Å². The minimum Gasteiger partial charge on any atom is -0.372 e. The second kappa shape index (κ2) is 21.3. The zero-order valence-corrected chi connectivity index (χ0v) is 15.4. The first-order chi connectivity index (χ1) is 10.9. The highest BCUT2D eigenvalue weighted by Gasteiger charge is 2.13. The fourth-order valence-electron chi connectivity index (χ4n) is 0.900. The molecule has 0 radical (unpaired) electrons. The van der Waals surface area contributed by atoms with Gasteiger partial charge in [-0.1, -0.05) is 0 Å². The van der Waals surface area contributed by atoms with E-state index in [-0.39, 0.29) is 0 Å². The third-order valence-electron chi connectivity index (χ3n) is 2.10. The molecular weight excluding hydrogens is 368 g/mol. The van der Waals surface area contributed by atoms with E-state index in [4.69, 9.17) is 19.9 Å². The molecule has 0 aromatic carbocycles. The highest BCUT2D eigenvalue weighted by atomic mass is 32.2. The molecule has 0 spiro atoms. The standard InChI is InChI=1S/2C5H12N2O2S.O2S/c2*1-10-3-2-4(6)5(8)9-7;1-3-2/h2*4H,2-3,6-7H2,1H3;/t2*4-;/m00./s1. The Morgan fingerprint density at radius 2 is 1.13 bits per heavy atom. The molecule has 0 aliphatic carbocycles. The molecule has 0 fully saturated rings. The van der Waals surface area contributed by atoms with Crippen LogP contribution in [0.2, 0.25) is 0 Å². The summed E-state index contributed by atoms with van der Waals surface area (Å²) in [7, 11) is 0. The lowest BCUT2D eigenvalue weighted by Crippen LogP contribution is -2.34.